The molecule has 0 radical (unpaired) electrons. The van der Waals surface area contributed by atoms with E-state index in [0.717, 1.165) is 18.4 Å². The van der Waals surface area contributed by atoms with Crippen molar-refractivity contribution in [1.29, 1.82) is 0 Å². The number of nitrogens with one attached hydrogen (secondary N) is 1. The van der Waals surface area contributed by atoms with Gasteiger partial charge in [-0.3, -0.25) is 19.7 Å². The van der Waals surface area contributed by atoms with Crippen LogP contribution in [0.3, 0.4) is 0 Å². The highest BCUT2D eigenvalue weighted by molar-refractivity contribution is 6.05. The third-order valence-corrected chi connectivity index (χ3v) is 6.28. The molecule has 1 aromatic rings. The molecule has 0 spiro atoms. The average Bonchev–Trinajstić information content (AvgIpc) is 3.08. The topological polar surface area (TPSA) is 105 Å². The van der Waals surface area contributed by atoms with E-state index in [2.05, 4.69) is 5.32 Å². The van der Waals surface area contributed by atoms with Crippen LogP contribution in [0.1, 0.15) is 62.4 Å². The number of carbonyl (C=O) groups is 4. The van der Waals surface area contributed by atoms with Gasteiger partial charge in [-0.05, 0) is 58.1 Å². The number of carbonyl (C=O) groups excluding carboxylic acids is 4. The molecular formula is C24H31N3O6. The Morgan fingerprint density at radius 1 is 1.12 bits per heavy atom. The summed E-state index contributed by atoms with van der Waals surface area (Å²) >= 11 is 0. The third kappa shape index (κ3) is 5.12. The third-order valence-electron chi connectivity index (χ3n) is 6.28. The second kappa shape index (κ2) is 9.03. The van der Waals surface area contributed by atoms with Crippen molar-refractivity contribution < 1.29 is 28.7 Å². The van der Waals surface area contributed by atoms with Gasteiger partial charge in [-0.2, -0.15) is 0 Å². The molecule has 4 amide bonds. The van der Waals surface area contributed by atoms with Gasteiger partial charge < -0.3 is 19.3 Å². The summed E-state index contributed by atoms with van der Waals surface area (Å²) < 4.78 is 11.6. The first kappa shape index (κ1) is 23.1. The molecule has 1 unspecified atom stereocenters. The van der Waals surface area contributed by atoms with Crippen LogP contribution in [0, 0.1) is 5.92 Å². The van der Waals surface area contributed by atoms with Gasteiger partial charge in [0.2, 0.25) is 11.8 Å². The Hall–Kier alpha value is -3.10. The summed E-state index contributed by atoms with van der Waals surface area (Å²) in [6.07, 6.45) is 1.90. The van der Waals surface area contributed by atoms with Crippen molar-refractivity contribution >= 4 is 23.8 Å². The van der Waals surface area contributed by atoms with Crippen molar-refractivity contribution in [2.75, 3.05) is 19.7 Å². The van der Waals surface area contributed by atoms with Gasteiger partial charge >= 0.3 is 6.09 Å². The molecule has 1 atom stereocenters. The zero-order valence-electron chi connectivity index (χ0n) is 19.4. The fraction of sp³-hybridized carbons (Fsp3) is 0.583. The van der Waals surface area contributed by atoms with Crippen LogP contribution in [-0.2, 0) is 20.9 Å². The molecule has 1 N–H and O–H groups in total. The Bertz CT molecular complexity index is 961. The summed E-state index contributed by atoms with van der Waals surface area (Å²) in [4.78, 5) is 52.2. The Morgan fingerprint density at radius 3 is 2.52 bits per heavy atom. The monoisotopic (exact) mass is 457 g/mol. The maximum Gasteiger partial charge on any atom is 0.410 e. The SMILES string of the molecule is CC(C)(C)OC(=O)N1CCC(COc2cccc3c2CN(C2CCC(=O)NC2=O)C3=O)CC1. The molecule has 9 heteroatoms. The molecule has 1 aromatic carbocycles. The van der Waals surface area contributed by atoms with Crippen LogP contribution in [0.15, 0.2) is 18.2 Å². The average molecular weight is 458 g/mol. The predicted octanol–water partition coefficient (Wildman–Crippen LogP) is 2.47. The number of ether oxygens (including phenoxy) is 2. The van der Waals surface area contributed by atoms with E-state index < -0.39 is 17.6 Å². The lowest BCUT2D eigenvalue weighted by Crippen LogP contribution is -2.52. The maximum atomic E-state index is 12.9. The van der Waals surface area contributed by atoms with Crippen LogP contribution < -0.4 is 10.1 Å². The Balaban J connectivity index is 1.34. The molecule has 0 saturated carbocycles. The molecule has 3 aliphatic heterocycles. The number of hydrogen-bond donors (Lipinski definition) is 1. The molecule has 4 rings (SSSR count). The summed E-state index contributed by atoms with van der Waals surface area (Å²) in [5.74, 6) is -0.00232. The molecule has 2 saturated heterocycles. The standard InChI is InChI=1S/C24H31N3O6/c1-24(2,3)33-23(31)26-11-9-15(10-12-26)14-32-19-6-4-5-16-17(19)13-27(22(16)30)18-7-8-20(28)25-21(18)29/h4-6,15,18H,7-14H2,1-3H3,(H,25,28,29). The van der Waals surface area contributed by atoms with Gasteiger partial charge in [0.05, 0.1) is 13.2 Å². The van der Waals surface area contributed by atoms with Crippen LogP contribution in [0.2, 0.25) is 0 Å². The first-order chi connectivity index (χ1) is 15.6. The summed E-state index contributed by atoms with van der Waals surface area (Å²) in [7, 11) is 0. The fourth-order valence-electron chi connectivity index (χ4n) is 4.51. The molecule has 9 nitrogen and oxygen atoms in total. The van der Waals surface area contributed by atoms with Crippen molar-refractivity contribution in [2.45, 2.75) is 64.6 Å². The minimum atomic E-state index is -0.646. The molecule has 2 fully saturated rings. The van der Waals surface area contributed by atoms with Crippen molar-refractivity contribution in [3.63, 3.8) is 0 Å². The van der Waals surface area contributed by atoms with Gasteiger partial charge in [-0.25, -0.2) is 4.79 Å². The van der Waals surface area contributed by atoms with E-state index in [1.807, 2.05) is 26.8 Å². The highest BCUT2D eigenvalue weighted by Crippen LogP contribution is 2.34. The van der Waals surface area contributed by atoms with E-state index in [1.165, 1.54) is 4.90 Å². The number of benzene rings is 1. The van der Waals surface area contributed by atoms with Gasteiger partial charge in [0.15, 0.2) is 0 Å². The number of nitrogens with zero attached hydrogens (tertiary/aromatic N) is 2. The molecule has 0 bridgehead atoms. The van der Waals surface area contributed by atoms with Crippen LogP contribution in [0.4, 0.5) is 4.79 Å². The molecule has 0 aliphatic carbocycles. The Labute approximate surface area is 193 Å². The number of likely N-dealkylation sites (tertiary alicyclic amines) is 1. The number of hydrogen-bond acceptors (Lipinski definition) is 6. The zero-order chi connectivity index (χ0) is 23.8. The zero-order valence-corrected chi connectivity index (χ0v) is 19.4. The van der Waals surface area contributed by atoms with Crippen LogP contribution in [0.25, 0.3) is 0 Å². The highest BCUT2D eigenvalue weighted by Gasteiger charge is 2.40. The fourth-order valence-corrected chi connectivity index (χ4v) is 4.51. The van der Waals surface area contributed by atoms with Gasteiger partial charge in [0, 0.05) is 30.6 Å². The molecule has 33 heavy (non-hydrogen) atoms. The summed E-state index contributed by atoms with van der Waals surface area (Å²) in [5, 5.41) is 2.32. The summed E-state index contributed by atoms with van der Waals surface area (Å²) in [6, 6.07) is 4.73. The van der Waals surface area contributed by atoms with E-state index in [0.29, 0.717) is 43.3 Å². The van der Waals surface area contributed by atoms with E-state index in [9.17, 15) is 19.2 Å². The van der Waals surface area contributed by atoms with E-state index >= 15 is 0 Å². The first-order valence-corrected chi connectivity index (χ1v) is 11.5. The van der Waals surface area contributed by atoms with Gasteiger partial charge in [-0.1, -0.05) is 6.07 Å². The van der Waals surface area contributed by atoms with Gasteiger partial charge in [0.1, 0.15) is 17.4 Å². The number of amides is 4. The van der Waals surface area contributed by atoms with Gasteiger partial charge in [-0.15, -0.1) is 0 Å². The summed E-state index contributed by atoms with van der Waals surface area (Å²) in [6.45, 7) is 7.59. The quantitative estimate of drug-likeness (QED) is 0.697. The van der Waals surface area contributed by atoms with E-state index in [-0.39, 0.29) is 30.9 Å². The smallest absolute Gasteiger partial charge is 0.410 e. The first-order valence-electron chi connectivity index (χ1n) is 11.5. The minimum Gasteiger partial charge on any atom is -0.493 e. The maximum absolute atomic E-state index is 12.9. The molecule has 178 valence electrons. The molecular weight excluding hydrogens is 426 g/mol. The lowest BCUT2D eigenvalue weighted by Gasteiger charge is -2.33. The highest BCUT2D eigenvalue weighted by atomic mass is 16.6. The summed E-state index contributed by atoms with van der Waals surface area (Å²) in [5.41, 5.74) is 0.805. The number of rotatable bonds is 4. The Kier molecular flexibility index (Phi) is 6.32. The lowest BCUT2D eigenvalue weighted by atomic mass is 9.98. The van der Waals surface area contributed by atoms with Crippen molar-refractivity contribution in [1.82, 2.24) is 15.1 Å². The van der Waals surface area contributed by atoms with Crippen LogP contribution in [0.5, 0.6) is 5.75 Å². The largest absolute Gasteiger partial charge is 0.493 e. The number of fused-ring (bicyclic) bond motifs is 1. The van der Waals surface area contributed by atoms with Gasteiger partial charge in [0.25, 0.3) is 5.91 Å². The lowest BCUT2D eigenvalue weighted by molar-refractivity contribution is -0.136. The number of piperidine rings is 2. The van der Waals surface area contributed by atoms with Crippen molar-refractivity contribution in [3.8, 4) is 5.75 Å². The second-order valence-electron chi connectivity index (χ2n) is 9.90. The van der Waals surface area contributed by atoms with Crippen molar-refractivity contribution in [2.24, 2.45) is 5.92 Å². The molecule has 3 aliphatic rings. The van der Waals surface area contributed by atoms with E-state index in [4.69, 9.17) is 9.47 Å². The molecule has 0 aromatic heterocycles. The minimum absolute atomic E-state index is 0.212. The normalized spacial score (nSPS) is 21.7. The van der Waals surface area contributed by atoms with Crippen LogP contribution >= 0.6 is 0 Å². The van der Waals surface area contributed by atoms with Crippen LogP contribution in [-0.4, -0.2) is 65.0 Å². The predicted molar refractivity (Wildman–Crippen MR) is 119 cm³/mol. The van der Waals surface area contributed by atoms with Crippen molar-refractivity contribution in [3.05, 3.63) is 29.3 Å². The molecule has 3 heterocycles. The Morgan fingerprint density at radius 2 is 1.85 bits per heavy atom. The number of imide groups is 1. The second-order valence-corrected chi connectivity index (χ2v) is 9.90. The van der Waals surface area contributed by atoms with E-state index in [1.54, 1.807) is 17.0 Å².